The second-order valence-corrected chi connectivity index (χ2v) is 8.14. The maximum Gasteiger partial charge on any atom is 0.243 e. The van der Waals surface area contributed by atoms with Crippen LogP contribution in [0.3, 0.4) is 0 Å². The minimum atomic E-state index is -3.93. The van der Waals surface area contributed by atoms with Crippen molar-refractivity contribution in [1.82, 2.24) is 4.31 Å². The SMILES string of the molecule is Cc1ccc(F)c(NC(=O)CN(C)S(=O)(=O)c2ccc3c(c2)OCCO3)c1. The molecule has 1 aliphatic rings. The maximum absolute atomic E-state index is 13.8. The Bertz CT molecular complexity index is 978. The van der Waals surface area contributed by atoms with Crippen molar-refractivity contribution >= 4 is 21.6 Å². The van der Waals surface area contributed by atoms with Gasteiger partial charge in [-0.1, -0.05) is 6.07 Å². The van der Waals surface area contributed by atoms with E-state index in [9.17, 15) is 17.6 Å². The van der Waals surface area contributed by atoms with Crippen LogP contribution in [0.4, 0.5) is 10.1 Å². The third-order valence-corrected chi connectivity index (χ3v) is 5.78. The van der Waals surface area contributed by atoms with Crippen LogP contribution in [0.25, 0.3) is 0 Å². The molecule has 0 bridgehead atoms. The van der Waals surface area contributed by atoms with Crippen LogP contribution in [-0.4, -0.2) is 45.4 Å². The fourth-order valence-corrected chi connectivity index (χ4v) is 3.72. The van der Waals surface area contributed by atoms with E-state index in [1.54, 1.807) is 13.0 Å². The summed E-state index contributed by atoms with van der Waals surface area (Å²) in [4.78, 5) is 12.1. The molecule has 1 heterocycles. The van der Waals surface area contributed by atoms with Gasteiger partial charge in [0.25, 0.3) is 0 Å². The molecule has 2 aromatic carbocycles. The standard InChI is InChI=1S/C18H19FN2O5S/c1-12-3-5-14(19)15(9-12)20-18(22)11-21(2)27(23,24)13-4-6-16-17(10-13)26-8-7-25-16/h3-6,9-10H,7-8,11H2,1-2H3,(H,20,22). The summed E-state index contributed by atoms with van der Waals surface area (Å²) in [6, 6.07) is 8.54. The predicted molar refractivity (Wildman–Crippen MR) is 97.0 cm³/mol. The van der Waals surface area contributed by atoms with Gasteiger partial charge in [-0.2, -0.15) is 4.31 Å². The van der Waals surface area contributed by atoms with Crippen molar-refractivity contribution in [3.05, 3.63) is 47.8 Å². The van der Waals surface area contributed by atoms with Crippen molar-refractivity contribution in [3.63, 3.8) is 0 Å². The highest BCUT2D eigenvalue weighted by Gasteiger charge is 2.25. The smallest absolute Gasteiger partial charge is 0.243 e. The zero-order chi connectivity index (χ0) is 19.6. The van der Waals surface area contributed by atoms with E-state index in [-0.39, 0.29) is 10.6 Å². The summed E-state index contributed by atoms with van der Waals surface area (Å²) in [6.07, 6.45) is 0. The fourth-order valence-electron chi connectivity index (χ4n) is 2.58. The van der Waals surface area contributed by atoms with Crippen LogP contribution >= 0.6 is 0 Å². The fraction of sp³-hybridized carbons (Fsp3) is 0.278. The van der Waals surface area contributed by atoms with Gasteiger partial charge in [-0.15, -0.1) is 0 Å². The zero-order valence-corrected chi connectivity index (χ0v) is 15.7. The summed E-state index contributed by atoms with van der Waals surface area (Å²) in [5.41, 5.74) is 0.772. The van der Waals surface area contributed by atoms with E-state index in [1.165, 1.54) is 37.4 Å². The summed E-state index contributed by atoms with van der Waals surface area (Å²) in [5, 5.41) is 2.39. The van der Waals surface area contributed by atoms with Crippen LogP contribution in [0, 0.1) is 12.7 Å². The van der Waals surface area contributed by atoms with Gasteiger partial charge in [0.15, 0.2) is 11.5 Å². The second kappa shape index (κ2) is 7.53. The molecule has 0 fully saturated rings. The Hall–Kier alpha value is -2.65. The number of carbonyl (C=O) groups excluding carboxylic acids is 1. The highest BCUT2D eigenvalue weighted by molar-refractivity contribution is 7.89. The molecule has 0 aromatic heterocycles. The van der Waals surface area contributed by atoms with Crippen LogP contribution in [0.5, 0.6) is 11.5 Å². The van der Waals surface area contributed by atoms with Crippen molar-refractivity contribution in [1.29, 1.82) is 0 Å². The average Bonchev–Trinajstić information content (AvgIpc) is 2.64. The Labute approximate surface area is 156 Å². The van der Waals surface area contributed by atoms with Gasteiger partial charge in [0.05, 0.1) is 17.1 Å². The van der Waals surface area contributed by atoms with Crippen molar-refractivity contribution in [2.45, 2.75) is 11.8 Å². The van der Waals surface area contributed by atoms with Crippen LogP contribution in [0.2, 0.25) is 0 Å². The lowest BCUT2D eigenvalue weighted by Gasteiger charge is -2.21. The van der Waals surface area contributed by atoms with E-state index >= 15 is 0 Å². The van der Waals surface area contributed by atoms with Crippen LogP contribution in [0.15, 0.2) is 41.3 Å². The summed E-state index contributed by atoms with van der Waals surface area (Å²) in [5.74, 6) is -0.438. The van der Waals surface area contributed by atoms with E-state index in [0.29, 0.717) is 24.7 Å². The second-order valence-electron chi connectivity index (χ2n) is 6.10. The monoisotopic (exact) mass is 394 g/mol. The molecule has 0 unspecified atom stereocenters. The summed E-state index contributed by atoms with van der Waals surface area (Å²) in [7, 11) is -2.66. The molecule has 1 N–H and O–H groups in total. The van der Waals surface area contributed by atoms with Crippen molar-refractivity contribution < 1.29 is 27.1 Å². The number of benzene rings is 2. The number of halogens is 1. The number of amides is 1. The molecule has 2 aromatic rings. The number of ether oxygens (including phenoxy) is 2. The lowest BCUT2D eigenvalue weighted by Crippen LogP contribution is -2.35. The number of sulfonamides is 1. The number of hydrogen-bond acceptors (Lipinski definition) is 5. The van der Waals surface area contributed by atoms with Gasteiger partial charge in [-0.05, 0) is 36.8 Å². The minimum Gasteiger partial charge on any atom is -0.486 e. The number of nitrogens with zero attached hydrogens (tertiary/aromatic N) is 1. The van der Waals surface area contributed by atoms with Crippen molar-refractivity contribution in [2.24, 2.45) is 0 Å². The Morgan fingerprint density at radius 1 is 1.15 bits per heavy atom. The van der Waals surface area contributed by atoms with Crippen LogP contribution < -0.4 is 14.8 Å². The molecular weight excluding hydrogens is 375 g/mol. The maximum atomic E-state index is 13.8. The molecule has 144 valence electrons. The highest BCUT2D eigenvalue weighted by atomic mass is 32.2. The number of hydrogen-bond donors (Lipinski definition) is 1. The first kappa shape index (κ1) is 19.1. The van der Waals surface area contributed by atoms with Gasteiger partial charge in [0.1, 0.15) is 19.0 Å². The molecular formula is C18H19FN2O5S. The third-order valence-electron chi connectivity index (χ3n) is 3.98. The highest BCUT2D eigenvalue weighted by Crippen LogP contribution is 2.32. The molecule has 1 amide bonds. The van der Waals surface area contributed by atoms with Gasteiger partial charge in [-0.25, -0.2) is 12.8 Å². The topological polar surface area (TPSA) is 84.9 Å². The molecule has 0 saturated heterocycles. The largest absolute Gasteiger partial charge is 0.486 e. The number of aryl methyl sites for hydroxylation is 1. The molecule has 27 heavy (non-hydrogen) atoms. The van der Waals surface area contributed by atoms with Gasteiger partial charge in [0.2, 0.25) is 15.9 Å². The summed E-state index contributed by atoms with van der Waals surface area (Å²) >= 11 is 0. The average molecular weight is 394 g/mol. The number of fused-ring (bicyclic) bond motifs is 1. The Morgan fingerprint density at radius 3 is 2.59 bits per heavy atom. The molecule has 0 saturated carbocycles. The minimum absolute atomic E-state index is 0.00475. The first-order chi connectivity index (χ1) is 12.8. The first-order valence-electron chi connectivity index (χ1n) is 8.19. The van der Waals surface area contributed by atoms with Gasteiger partial charge in [0, 0.05) is 13.1 Å². The lowest BCUT2D eigenvalue weighted by atomic mass is 10.2. The number of carbonyl (C=O) groups is 1. The molecule has 3 rings (SSSR count). The predicted octanol–water partition coefficient (Wildman–Crippen LogP) is 2.16. The van der Waals surface area contributed by atoms with Crippen molar-refractivity contribution in [2.75, 3.05) is 32.1 Å². The van der Waals surface area contributed by atoms with E-state index < -0.39 is 28.3 Å². The summed E-state index contributed by atoms with van der Waals surface area (Å²) in [6.45, 7) is 2.02. The molecule has 0 atom stereocenters. The number of likely N-dealkylation sites (N-methyl/N-ethyl adjacent to an activating group) is 1. The molecule has 0 spiro atoms. The number of anilines is 1. The normalized spacial score (nSPS) is 13.5. The Balaban J connectivity index is 1.73. The lowest BCUT2D eigenvalue weighted by molar-refractivity contribution is -0.116. The first-order valence-corrected chi connectivity index (χ1v) is 9.63. The number of rotatable bonds is 5. The van der Waals surface area contributed by atoms with E-state index in [1.807, 2.05) is 0 Å². The van der Waals surface area contributed by atoms with Gasteiger partial charge >= 0.3 is 0 Å². The molecule has 0 radical (unpaired) electrons. The van der Waals surface area contributed by atoms with E-state index in [0.717, 1.165) is 9.87 Å². The quantitative estimate of drug-likeness (QED) is 0.840. The third kappa shape index (κ3) is 4.20. The van der Waals surface area contributed by atoms with Crippen molar-refractivity contribution in [3.8, 4) is 11.5 Å². The van der Waals surface area contributed by atoms with E-state index in [2.05, 4.69) is 5.32 Å². The molecule has 0 aliphatic carbocycles. The molecule has 9 heteroatoms. The number of nitrogens with one attached hydrogen (secondary N) is 1. The molecule has 7 nitrogen and oxygen atoms in total. The van der Waals surface area contributed by atoms with Crippen LogP contribution in [0.1, 0.15) is 5.56 Å². The Morgan fingerprint density at radius 2 is 1.85 bits per heavy atom. The Kier molecular flexibility index (Phi) is 5.33. The zero-order valence-electron chi connectivity index (χ0n) is 14.9. The summed E-state index contributed by atoms with van der Waals surface area (Å²) < 4.78 is 50.8. The van der Waals surface area contributed by atoms with E-state index in [4.69, 9.17) is 9.47 Å². The van der Waals surface area contributed by atoms with Gasteiger partial charge in [-0.3, -0.25) is 4.79 Å². The molecule has 1 aliphatic heterocycles. The van der Waals surface area contributed by atoms with Gasteiger partial charge < -0.3 is 14.8 Å². The van der Waals surface area contributed by atoms with Crippen LogP contribution in [-0.2, 0) is 14.8 Å².